The highest BCUT2D eigenvalue weighted by molar-refractivity contribution is 5.85. The van der Waals surface area contributed by atoms with E-state index in [4.69, 9.17) is 10.5 Å². The molecular formula is C11H23ClN2O2. The van der Waals surface area contributed by atoms with Gasteiger partial charge in [0.2, 0.25) is 0 Å². The second kappa shape index (κ2) is 7.87. The number of nitrogens with two attached hydrogens (primary N) is 1. The van der Waals surface area contributed by atoms with Crippen LogP contribution in [0.25, 0.3) is 0 Å². The molecule has 1 aliphatic heterocycles. The minimum atomic E-state index is -0.264. The molecule has 0 spiro atoms. The molecule has 96 valence electrons. The van der Waals surface area contributed by atoms with E-state index in [9.17, 15) is 4.79 Å². The first-order chi connectivity index (χ1) is 7.22. The molecule has 0 aliphatic carbocycles. The van der Waals surface area contributed by atoms with Crippen LogP contribution in [0.15, 0.2) is 0 Å². The van der Waals surface area contributed by atoms with Gasteiger partial charge in [-0.25, -0.2) is 0 Å². The van der Waals surface area contributed by atoms with Gasteiger partial charge in [-0.1, -0.05) is 6.92 Å². The lowest BCUT2D eigenvalue weighted by Crippen LogP contribution is -2.45. The highest BCUT2D eigenvalue weighted by Gasteiger charge is 2.26. The number of carbonyl (C=O) groups is 1. The lowest BCUT2D eigenvalue weighted by Gasteiger charge is -2.33. The number of carbonyl (C=O) groups excluding carboxylic acids is 1. The van der Waals surface area contributed by atoms with Crippen LogP contribution in [0.2, 0.25) is 0 Å². The van der Waals surface area contributed by atoms with Crippen molar-refractivity contribution >= 4 is 18.3 Å². The van der Waals surface area contributed by atoms with Crippen molar-refractivity contribution in [3.05, 3.63) is 0 Å². The van der Waals surface area contributed by atoms with Crippen LogP contribution in [0.5, 0.6) is 0 Å². The Kier molecular flexibility index (Phi) is 7.72. The fourth-order valence-electron chi connectivity index (χ4n) is 2.03. The van der Waals surface area contributed by atoms with Crippen LogP contribution in [0, 0.1) is 5.92 Å². The molecule has 1 fully saturated rings. The summed E-state index contributed by atoms with van der Waals surface area (Å²) in [5, 5.41) is 0. The predicted molar refractivity (Wildman–Crippen MR) is 66.7 cm³/mol. The Balaban J connectivity index is 0.00000225. The van der Waals surface area contributed by atoms with Crippen molar-refractivity contribution in [2.45, 2.75) is 32.3 Å². The van der Waals surface area contributed by atoms with Crippen molar-refractivity contribution in [3.8, 4) is 0 Å². The number of hydrogen-bond donors (Lipinski definition) is 1. The minimum absolute atomic E-state index is 0. The molecule has 0 aromatic heterocycles. The molecule has 1 atom stereocenters. The van der Waals surface area contributed by atoms with Gasteiger partial charge in [-0.05, 0) is 31.7 Å². The number of amides is 1. The van der Waals surface area contributed by atoms with Gasteiger partial charge >= 0.3 is 0 Å². The number of methoxy groups -OCH3 is 1. The van der Waals surface area contributed by atoms with E-state index in [1.165, 1.54) is 0 Å². The fraction of sp³-hybridized carbons (Fsp3) is 0.909. The Labute approximate surface area is 104 Å². The van der Waals surface area contributed by atoms with Gasteiger partial charge in [0.05, 0.1) is 0 Å². The average molecular weight is 251 g/mol. The van der Waals surface area contributed by atoms with Gasteiger partial charge in [0, 0.05) is 20.2 Å². The monoisotopic (exact) mass is 250 g/mol. The topological polar surface area (TPSA) is 55.6 Å². The van der Waals surface area contributed by atoms with Crippen LogP contribution < -0.4 is 5.73 Å². The van der Waals surface area contributed by atoms with E-state index in [1.54, 1.807) is 7.11 Å². The molecule has 2 N–H and O–H groups in total. The summed E-state index contributed by atoms with van der Waals surface area (Å²) >= 11 is 0. The summed E-state index contributed by atoms with van der Waals surface area (Å²) in [6.45, 7) is 4.38. The van der Waals surface area contributed by atoms with Gasteiger partial charge in [0.1, 0.15) is 6.10 Å². The Morgan fingerprint density at radius 3 is 2.44 bits per heavy atom. The summed E-state index contributed by atoms with van der Waals surface area (Å²) in [5.74, 6) is 0.729. The highest BCUT2D eigenvalue weighted by atomic mass is 35.5. The van der Waals surface area contributed by atoms with E-state index in [0.29, 0.717) is 5.92 Å². The maximum atomic E-state index is 11.9. The Morgan fingerprint density at radius 2 is 2.06 bits per heavy atom. The molecule has 1 saturated heterocycles. The second-order valence-corrected chi connectivity index (χ2v) is 4.14. The molecular weight excluding hydrogens is 228 g/mol. The smallest absolute Gasteiger partial charge is 0.251 e. The molecule has 0 bridgehead atoms. The lowest BCUT2D eigenvalue weighted by atomic mass is 9.97. The van der Waals surface area contributed by atoms with Gasteiger partial charge in [-0.2, -0.15) is 0 Å². The number of nitrogens with zero attached hydrogens (tertiary/aromatic N) is 1. The Bertz CT molecular complexity index is 202. The molecule has 1 unspecified atom stereocenters. The number of ether oxygens (including phenoxy) is 1. The third-order valence-electron chi connectivity index (χ3n) is 3.19. The standard InChI is InChI=1S/C11H22N2O2.ClH/c1-3-10(15-2)11(14)13-6-4-9(8-12)5-7-13;/h9-10H,3-8,12H2,1-2H3;1H. The largest absolute Gasteiger partial charge is 0.372 e. The molecule has 16 heavy (non-hydrogen) atoms. The Morgan fingerprint density at radius 1 is 1.50 bits per heavy atom. The van der Waals surface area contributed by atoms with Crippen LogP contribution in [0.1, 0.15) is 26.2 Å². The normalized spacial score (nSPS) is 19.1. The lowest BCUT2D eigenvalue weighted by molar-refractivity contribution is -0.143. The summed E-state index contributed by atoms with van der Waals surface area (Å²) in [7, 11) is 1.60. The zero-order chi connectivity index (χ0) is 11.3. The summed E-state index contributed by atoms with van der Waals surface area (Å²) in [6.07, 6.45) is 2.54. The number of piperidine rings is 1. The number of halogens is 1. The van der Waals surface area contributed by atoms with E-state index in [1.807, 2.05) is 11.8 Å². The third kappa shape index (κ3) is 3.92. The second-order valence-electron chi connectivity index (χ2n) is 4.14. The number of likely N-dealkylation sites (tertiary alicyclic amines) is 1. The molecule has 1 aliphatic rings. The minimum Gasteiger partial charge on any atom is -0.372 e. The van der Waals surface area contributed by atoms with Crippen LogP contribution in [-0.4, -0.2) is 43.7 Å². The molecule has 4 nitrogen and oxygen atoms in total. The average Bonchev–Trinajstić information content (AvgIpc) is 2.30. The highest BCUT2D eigenvalue weighted by Crippen LogP contribution is 2.17. The van der Waals surface area contributed by atoms with E-state index in [0.717, 1.165) is 38.9 Å². The van der Waals surface area contributed by atoms with Crippen molar-refractivity contribution in [1.29, 1.82) is 0 Å². The van der Waals surface area contributed by atoms with Gasteiger partial charge in [0.25, 0.3) is 5.91 Å². The zero-order valence-corrected chi connectivity index (χ0v) is 11.0. The first-order valence-electron chi connectivity index (χ1n) is 5.74. The van der Waals surface area contributed by atoms with Crippen LogP contribution in [0.3, 0.4) is 0 Å². The van der Waals surface area contributed by atoms with Gasteiger partial charge < -0.3 is 15.4 Å². The molecule has 0 aromatic carbocycles. The van der Waals surface area contributed by atoms with Gasteiger partial charge in [-0.15, -0.1) is 12.4 Å². The first-order valence-corrected chi connectivity index (χ1v) is 5.74. The predicted octanol–water partition coefficient (Wildman–Crippen LogP) is 1.03. The molecule has 1 rings (SSSR count). The van der Waals surface area contributed by atoms with E-state index < -0.39 is 0 Å². The van der Waals surface area contributed by atoms with Crippen molar-refractivity contribution in [1.82, 2.24) is 4.90 Å². The van der Waals surface area contributed by atoms with Crippen LogP contribution in [0.4, 0.5) is 0 Å². The van der Waals surface area contributed by atoms with E-state index >= 15 is 0 Å². The van der Waals surface area contributed by atoms with Crippen LogP contribution in [-0.2, 0) is 9.53 Å². The summed E-state index contributed by atoms with van der Waals surface area (Å²) in [6, 6.07) is 0. The SMILES string of the molecule is CCC(OC)C(=O)N1CCC(CN)CC1.Cl. The van der Waals surface area contributed by atoms with Gasteiger partial charge in [-0.3, -0.25) is 4.79 Å². The number of rotatable bonds is 4. The van der Waals surface area contributed by atoms with Crippen molar-refractivity contribution in [2.75, 3.05) is 26.7 Å². The zero-order valence-electron chi connectivity index (χ0n) is 10.1. The van der Waals surface area contributed by atoms with Crippen LogP contribution >= 0.6 is 12.4 Å². The van der Waals surface area contributed by atoms with E-state index in [-0.39, 0.29) is 24.4 Å². The van der Waals surface area contributed by atoms with Gasteiger partial charge in [0.15, 0.2) is 0 Å². The molecule has 0 saturated carbocycles. The summed E-state index contributed by atoms with van der Waals surface area (Å²) in [5.41, 5.74) is 5.61. The molecule has 0 radical (unpaired) electrons. The summed E-state index contributed by atoms with van der Waals surface area (Å²) in [4.78, 5) is 13.8. The maximum absolute atomic E-state index is 11.9. The quantitative estimate of drug-likeness (QED) is 0.811. The Hall–Kier alpha value is -0.320. The number of hydrogen-bond acceptors (Lipinski definition) is 3. The third-order valence-corrected chi connectivity index (χ3v) is 3.19. The van der Waals surface area contributed by atoms with Crippen molar-refractivity contribution in [3.63, 3.8) is 0 Å². The maximum Gasteiger partial charge on any atom is 0.251 e. The summed E-state index contributed by atoms with van der Waals surface area (Å²) < 4.78 is 5.15. The van der Waals surface area contributed by atoms with Crippen molar-refractivity contribution in [2.24, 2.45) is 11.7 Å². The van der Waals surface area contributed by atoms with Crippen molar-refractivity contribution < 1.29 is 9.53 Å². The molecule has 1 amide bonds. The van der Waals surface area contributed by atoms with E-state index in [2.05, 4.69) is 0 Å². The molecule has 0 aromatic rings. The molecule has 5 heteroatoms. The first kappa shape index (κ1) is 15.7. The molecule has 1 heterocycles. The fourth-order valence-corrected chi connectivity index (χ4v) is 2.03.